The van der Waals surface area contributed by atoms with Crippen molar-refractivity contribution < 1.29 is 4.84 Å². The van der Waals surface area contributed by atoms with Crippen LogP contribution in [0.2, 0.25) is 0 Å². The quantitative estimate of drug-likeness (QED) is 0.662. The fourth-order valence-corrected chi connectivity index (χ4v) is 4.01. The van der Waals surface area contributed by atoms with Gasteiger partial charge in [0.1, 0.15) is 0 Å². The first-order valence-corrected chi connectivity index (χ1v) is 9.21. The van der Waals surface area contributed by atoms with Crippen molar-refractivity contribution >= 4 is 0 Å². The van der Waals surface area contributed by atoms with Crippen molar-refractivity contribution in [2.45, 2.75) is 77.4 Å². The minimum atomic E-state index is -0.182. The van der Waals surface area contributed by atoms with E-state index in [0.29, 0.717) is 6.61 Å². The molecule has 4 unspecified atom stereocenters. The molecule has 0 amide bonds. The Labute approximate surface area is 146 Å². The SMILES string of the molecule is CCC1(C)CC(N=O)C(C)C(C)(CC)N1OCCc1ccccc1. The van der Waals surface area contributed by atoms with Crippen LogP contribution in [0.5, 0.6) is 0 Å². The number of piperidine rings is 1. The smallest absolute Gasteiger partial charge is 0.0981 e. The lowest BCUT2D eigenvalue weighted by Gasteiger charge is -2.58. The molecule has 1 saturated heterocycles. The first-order chi connectivity index (χ1) is 11.4. The van der Waals surface area contributed by atoms with E-state index in [-0.39, 0.29) is 23.0 Å². The summed E-state index contributed by atoms with van der Waals surface area (Å²) in [5.74, 6) is 0.177. The van der Waals surface area contributed by atoms with Crippen LogP contribution in [0.3, 0.4) is 0 Å². The lowest BCUT2D eigenvalue weighted by Crippen LogP contribution is -2.67. The highest BCUT2D eigenvalue weighted by atomic mass is 16.7. The van der Waals surface area contributed by atoms with Crippen molar-refractivity contribution in [3.8, 4) is 0 Å². The summed E-state index contributed by atoms with van der Waals surface area (Å²) in [5.41, 5.74) is 0.941. The Morgan fingerprint density at radius 3 is 2.42 bits per heavy atom. The Morgan fingerprint density at radius 1 is 1.21 bits per heavy atom. The van der Waals surface area contributed by atoms with Gasteiger partial charge in [0.2, 0.25) is 0 Å². The second-order valence-electron chi connectivity index (χ2n) is 7.59. The zero-order valence-corrected chi connectivity index (χ0v) is 15.8. The molecule has 1 aromatic rings. The third kappa shape index (κ3) is 3.55. The average molecular weight is 332 g/mol. The highest BCUT2D eigenvalue weighted by molar-refractivity contribution is 5.14. The van der Waals surface area contributed by atoms with Gasteiger partial charge in [0.05, 0.1) is 12.6 Å². The van der Waals surface area contributed by atoms with E-state index in [1.54, 1.807) is 0 Å². The van der Waals surface area contributed by atoms with Gasteiger partial charge in [-0.3, -0.25) is 4.84 Å². The molecule has 0 radical (unpaired) electrons. The molecule has 0 aliphatic carbocycles. The molecule has 4 heteroatoms. The van der Waals surface area contributed by atoms with Gasteiger partial charge in [0.25, 0.3) is 0 Å². The number of rotatable bonds is 7. The number of benzene rings is 1. The minimum Gasteiger partial charge on any atom is -0.298 e. The van der Waals surface area contributed by atoms with Gasteiger partial charge in [0, 0.05) is 17.0 Å². The Kier molecular flexibility index (Phi) is 6.16. The van der Waals surface area contributed by atoms with Crippen LogP contribution in [0, 0.1) is 10.8 Å². The summed E-state index contributed by atoms with van der Waals surface area (Å²) in [7, 11) is 0. The largest absolute Gasteiger partial charge is 0.298 e. The Bertz CT molecular complexity index is 536. The molecule has 4 nitrogen and oxygen atoms in total. The van der Waals surface area contributed by atoms with Gasteiger partial charge in [-0.1, -0.05) is 56.3 Å². The molecule has 1 aliphatic rings. The number of nitrogens with zero attached hydrogens (tertiary/aromatic N) is 2. The second-order valence-corrected chi connectivity index (χ2v) is 7.59. The van der Waals surface area contributed by atoms with Crippen molar-refractivity contribution in [3.63, 3.8) is 0 Å². The van der Waals surface area contributed by atoms with Crippen molar-refractivity contribution in [2.24, 2.45) is 11.1 Å². The van der Waals surface area contributed by atoms with Gasteiger partial charge in [-0.15, -0.1) is 0 Å². The van der Waals surface area contributed by atoms with Crippen LogP contribution in [-0.2, 0) is 11.3 Å². The number of hydrogen-bond acceptors (Lipinski definition) is 4. The van der Waals surface area contributed by atoms with E-state index >= 15 is 0 Å². The van der Waals surface area contributed by atoms with Crippen LogP contribution in [0.4, 0.5) is 0 Å². The molecule has 2 rings (SSSR count). The molecule has 0 aromatic heterocycles. The van der Waals surface area contributed by atoms with Crippen LogP contribution in [0.15, 0.2) is 35.5 Å². The minimum absolute atomic E-state index is 0.145. The van der Waals surface area contributed by atoms with Gasteiger partial charge in [-0.05, 0) is 45.1 Å². The average Bonchev–Trinajstić information content (AvgIpc) is 2.62. The van der Waals surface area contributed by atoms with Gasteiger partial charge in [0.15, 0.2) is 0 Å². The Balaban J connectivity index is 2.17. The standard InChI is InChI=1S/C20H32N2O2/c1-6-19(4)15-18(21-23)16(3)20(5,7-2)22(19)24-14-13-17-11-9-8-10-12-17/h8-12,16,18H,6-7,13-15H2,1-5H3. The van der Waals surface area contributed by atoms with E-state index < -0.39 is 0 Å². The summed E-state index contributed by atoms with van der Waals surface area (Å²) in [6.07, 6.45) is 3.52. The highest BCUT2D eigenvalue weighted by Crippen LogP contribution is 2.46. The van der Waals surface area contributed by atoms with Crippen molar-refractivity contribution in [3.05, 3.63) is 40.8 Å². The first kappa shape index (κ1) is 19.1. The first-order valence-electron chi connectivity index (χ1n) is 9.21. The maximum atomic E-state index is 11.4. The van der Waals surface area contributed by atoms with Gasteiger partial charge in [-0.2, -0.15) is 9.97 Å². The predicted octanol–water partition coefficient (Wildman–Crippen LogP) is 4.97. The molecular weight excluding hydrogens is 300 g/mol. The maximum absolute atomic E-state index is 11.4. The second kappa shape index (κ2) is 7.75. The normalized spacial score (nSPS) is 34.2. The Morgan fingerprint density at radius 2 is 1.88 bits per heavy atom. The summed E-state index contributed by atoms with van der Waals surface area (Å²) in [6, 6.07) is 10.3. The highest BCUT2D eigenvalue weighted by Gasteiger charge is 2.54. The molecule has 0 N–H and O–H groups in total. The molecule has 0 bridgehead atoms. The molecule has 24 heavy (non-hydrogen) atoms. The number of hydroxylamine groups is 2. The van der Waals surface area contributed by atoms with E-state index in [1.165, 1.54) is 5.56 Å². The van der Waals surface area contributed by atoms with Crippen molar-refractivity contribution in [1.82, 2.24) is 5.06 Å². The molecule has 1 heterocycles. The fraction of sp³-hybridized carbons (Fsp3) is 0.700. The fourth-order valence-electron chi connectivity index (χ4n) is 4.01. The zero-order valence-electron chi connectivity index (χ0n) is 15.8. The lowest BCUT2D eigenvalue weighted by molar-refractivity contribution is -0.305. The van der Waals surface area contributed by atoms with E-state index in [0.717, 1.165) is 25.7 Å². The number of nitroso groups, excluding NO2 is 1. The third-order valence-electron chi connectivity index (χ3n) is 6.23. The molecule has 1 fully saturated rings. The van der Waals surface area contributed by atoms with Gasteiger partial charge >= 0.3 is 0 Å². The topological polar surface area (TPSA) is 41.9 Å². The van der Waals surface area contributed by atoms with Crippen LogP contribution in [0.25, 0.3) is 0 Å². The summed E-state index contributed by atoms with van der Waals surface area (Å²) < 4.78 is 0. The van der Waals surface area contributed by atoms with Crippen LogP contribution >= 0.6 is 0 Å². The van der Waals surface area contributed by atoms with Gasteiger partial charge < -0.3 is 0 Å². The van der Waals surface area contributed by atoms with Crippen LogP contribution < -0.4 is 0 Å². The molecular formula is C20H32N2O2. The van der Waals surface area contributed by atoms with E-state index in [4.69, 9.17) is 4.84 Å². The van der Waals surface area contributed by atoms with E-state index in [9.17, 15) is 4.91 Å². The zero-order chi connectivity index (χ0) is 17.8. The maximum Gasteiger partial charge on any atom is 0.0981 e. The molecule has 0 saturated carbocycles. The molecule has 134 valence electrons. The lowest BCUT2D eigenvalue weighted by atomic mass is 9.68. The predicted molar refractivity (Wildman–Crippen MR) is 98.7 cm³/mol. The van der Waals surface area contributed by atoms with Crippen molar-refractivity contribution in [1.29, 1.82) is 0 Å². The van der Waals surface area contributed by atoms with E-state index in [2.05, 4.69) is 69.1 Å². The summed E-state index contributed by atoms with van der Waals surface area (Å²) in [6.45, 7) is 11.5. The summed E-state index contributed by atoms with van der Waals surface area (Å²) >= 11 is 0. The third-order valence-corrected chi connectivity index (χ3v) is 6.23. The van der Waals surface area contributed by atoms with Crippen molar-refractivity contribution in [2.75, 3.05) is 6.61 Å². The van der Waals surface area contributed by atoms with Gasteiger partial charge in [-0.25, -0.2) is 0 Å². The van der Waals surface area contributed by atoms with Crippen LogP contribution in [0.1, 0.15) is 59.4 Å². The summed E-state index contributed by atoms with van der Waals surface area (Å²) in [5, 5.41) is 5.65. The summed E-state index contributed by atoms with van der Waals surface area (Å²) in [4.78, 5) is 17.7. The van der Waals surface area contributed by atoms with Crippen LogP contribution in [-0.4, -0.2) is 28.8 Å². The Hall–Kier alpha value is -1.26. The molecule has 0 spiro atoms. The molecule has 4 atom stereocenters. The monoisotopic (exact) mass is 332 g/mol. The molecule has 1 aliphatic heterocycles. The molecule has 1 aromatic carbocycles. The number of hydrogen-bond donors (Lipinski definition) is 0. The van der Waals surface area contributed by atoms with E-state index in [1.807, 2.05) is 6.07 Å².